The van der Waals surface area contributed by atoms with Crippen molar-refractivity contribution in [3.63, 3.8) is 0 Å². The lowest BCUT2D eigenvalue weighted by atomic mass is 9.77. The minimum absolute atomic E-state index is 0.127. The Kier molecular flexibility index (Phi) is 4.35. The van der Waals surface area contributed by atoms with E-state index in [-0.39, 0.29) is 6.04 Å². The quantitative estimate of drug-likeness (QED) is 0.363. The monoisotopic (exact) mass is 214 g/mol. The number of nitrogens with one attached hydrogen (secondary N) is 1. The molecule has 2 amide bonds. The molecule has 0 aliphatic heterocycles. The molecule has 2 atom stereocenters. The molecule has 0 aromatic rings. The summed E-state index contributed by atoms with van der Waals surface area (Å²) >= 11 is 0. The summed E-state index contributed by atoms with van der Waals surface area (Å²) in [5, 5.41) is 1.27. The van der Waals surface area contributed by atoms with Crippen LogP contribution in [-0.4, -0.2) is 17.1 Å². The summed E-state index contributed by atoms with van der Waals surface area (Å²) in [6.07, 6.45) is 4.50. The molecule has 0 spiro atoms. The molecule has 0 radical (unpaired) electrons. The van der Waals surface area contributed by atoms with Crippen LogP contribution in [-0.2, 0) is 0 Å². The molecule has 0 aromatic heterocycles. The lowest BCUT2D eigenvalue weighted by Crippen LogP contribution is -2.56. The predicted molar refractivity (Wildman–Crippen MR) is 59.3 cm³/mol. The number of amides is 2. The number of carbonyl (C=O) groups excluding carboxylic acids is 1. The first-order chi connectivity index (χ1) is 7.07. The molecule has 0 saturated heterocycles. The highest BCUT2D eigenvalue weighted by Gasteiger charge is 2.32. The zero-order chi connectivity index (χ0) is 11.4. The van der Waals surface area contributed by atoms with Gasteiger partial charge in [-0.1, -0.05) is 26.7 Å². The van der Waals surface area contributed by atoms with Gasteiger partial charge < -0.3 is 0 Å². The second-order valence-corrected chi connectivity index (χ2v) is 4.62. The van der Waals surface area contributed by atoms with Gasteiger partial charge in [-0.15, -0.1) is 0 Å². The molecule has 1 aliphatic carbocycles. The molecule has 1 fully saturated rings. The number of urea groups is 1. The van der Waals surface area contributed by atoms with Crippen molar-refractivity contribution >= 4 is 6.03 Å². The maximum atomic E-state index is 11.3. The molecule has 5 N–H and O–H groups in total. The summed E-state index contributed by atoms with van der Waals surface area (Å²) in [7, 11) is 0. The molecule has 88 valence electrons. The van der Waals surface area contributed by atoms with E-state index in [9.17, 15) is 4.79 Å². The Morgan fingerprint density at radius 2 is 2.00 bits per heavy atom. The van der Waals surface area contributed by atoms with E-state index < -0.39 is 6.03 Å². The lowest BCUT2D eigenvalue weighted by Gasteiger charge is -2.39. The Labute approximate surface area is 91.1 Å². The van der Waals surface area contributed by atoms with Gasteiger partial charge >= 0.3 is 6.03 Å². The van der Waals surface area contributed by atoms with Crippen molar-refractivity contribution in [2.45, 2.75) is 45.6 Å². The Morgan fingerprint density at radius 1 is 1.40 bits per heavy atom. The largest absolute Gasteiger partial charge is 0.345 e. The van der Waals surface area contributed by atoms with E-state index in [0.717, 1.165) is 19.3 Å². The minimum atomic E-state index is -0.396. The second-order valence-electron chi connectivity index (χ2n) is 4.62. The predicted octanol–water partition coefficient (Wildman–Crippen LogP) is 0.960. The van der Waals surface area contributed by atoms with Crippen molar-refractivity contribution in [3.05, 3.63) is 0 Å². The minimum Gasteiger partial charge on any atom is -0.275 e. The number of hydrazine groups is 2. The first-order valence-electron chi connectivity index (χ1n) is 5.62. The third-order valence-corrected chi connectivity index (χ3v) is 3.35. The highest BCUT2D eigenvalue weighted by Crippen LogP contribution is 2.32. The normalized spacial score (nSPS) is 26.5. The van der Waals surface area contributed by atoms with Gasteiger partial charge in [-0.2, -0.15) is 0 Å². The highest BCUT2D eigenvalue weighted by atomic mass is 16.2. The van der Waals surface area contributed by atoms with Gasteiger partial charge in [-0.3, -0.25) is 10.4 Å². The summed E-state index contributed by atoms with van der Waals surface area (Å²) in [6, 6.07) is -0.269. The first-order valence-corrected chi connectivity index (χ1v) is 5.62. The molecule has 1 aliphatic rings. The van der Waals surface area contributed by atoms with Crippen molar-refractivity contribution in [1.82, 2.24) is 10.4 Å². The van der Waals surface area contributed by atoms with Crippen LogP contribution >= 0.6 is 0 Å². The second kappa shape index (κ2) is 5.32. The Hall–Kier alpha value is -0.810. The van der Waals surface area contributed by atoms with E-state index in [1.54, 1.807) is 0 Å². The van der Waals surface area contributed by atoms with Crippen molar-refractivity contribution in [2.24, 2.45) is 23.5 Å². The molecule has 5 heteroatoms. The highest BCUT2D eigenvalue weighted by molar-refractivity contribution is 5.73. The number of rotatable bonds is 2. The smallest absolute Gasteiger partial charge is 0.275 e. The molecular weight excluding hydrogens is 192 g/mol. The zero-order valence-corrected chi connectivity index (χ0v) is 9.57. The van der Waals surface area contributed by atoms with Crippen LogP contribution in [0.15, 0.2) is 0 Å². The fourth-order valence-electron chi connectivity index (χ4n) is 2.49. The van der Waals surface area contributed by atoms with Crippen LogP contribution in [0, 0.1) is 11.8 Å². The van der Waals surface area contributed by atoms with Gasteiger partial charge in [0.2, 0.25) is 0 Å². The summed E-state index contributed by atoms with van der Waals surface area (Å²) in [5.74, 6) is 11.9. The maximum absolute atomic E-state index is 11.3. The topological polar surface area (TPSA) is 84.4 Å². The molecule has 15 heavy (non-hydrogen) atoms. The van der Waals surface area contributed by atoms with Crippen molar-refractivity contribution in [3.8, 4) is 0 Å². The third kappa shape index (κ3) is 2.82. The molecule has 0 heterocycles. The molecular formula is C10H22N4O. The van der Waals surface area contributed by atoms with E-state index in [1.165, 1.54) is 11.4 Å². The van der Waals surface area contributed by atoms with Crippen LogP contribution in [0.3, 0.4) is 0 Å². The first kappa shape index (κ1) is 12.3. The van der Waals surface area contributed by atoms with Crippen molar-refractivity contribution < 1.29 is 4.79 Å². The van der Waals surface area contributed by atoms with E-state index in [1.807, 2.05) is 0 Å². The van der Waals surface area contributed by atoms with Crippen LogP contribution < -0.4 is 17.1 Å². The van der Waals surface area contributed by atoms with Gasteiger partial charge in [0, 0.05) is 0 Å². The number of hydrogen-bond acceptors (Lipinski definition) is 3. The van der Waals surface area contributed by atoms with Crippen molar-refractivity contribution in [1.29, 1.82) is 0 Å². The van der Waals surface area contributed by atoms with Gasteiger partial charge in [0.25, 0.3) is 0 Å². The fourth-order valence-corrected chi connectivity index (χ4v) is 2.49. The average Bonchev–Trinajstić information content (AvgIpc) is 2.27. The number of nitrogens with two attached hydrogens (primary N) is 2. The Balaban J connectivity index is 2.67. The number of carbonyl (C=O) groups is 1. The maximum Gasteiger partial charge on any atom is 0.345 e. The molecule has 1 saturated carbocycles. The zero-order valence-electron chi connectivity index (χ0n) is 9.57. The van der Waals surface area contributed by atoms with E-state index in [2.05, 4.69) is 19.3 Å². The lowest BCUT2D eigenvalue weighted by molar-refractivity contribution is 0.0981. The van der Waals surface area contributed by atoms with E-state index in [4.69, 9.17) is 11.7 Å². The van der Waals surface area contributed by atoms with Gasteiger partial charge in [0.05, 0.1) is 6.04 Å². The number of nitrogens with zero attached hydrogens (tertiary/aromatic N) is 1. The summed E-state index contributed by atoms with van der Waals surface area (Å²) in [4.78, 5) is 11.3. The van der Waals surface area contributed by atoms with Gasteiger partial charge in [0.15, 0.2) is 0 Å². The molecule has 0 aromatic carbocycles. The van der Waals surface area contributed by atoms with Gasteiger partial charge in [-0.25, -0.2) is 16.5 Å². The van der Waals surface area contributed by atoms with Gasteiger partial charge in [-0.05, 0) is 24.7 Å². The summed E-state index contributed by atoms with van der Waals surface area (Å²) < 4.78 is 0. The Bertz CT molecular complexity index is 219. The average molecular weight is 214 g/mol. The molecule has 0 bridgehead atoms. The summed E-state index contributed by atoms with van der Waals surface area (Å²) in [6.45, 7) is 4.36. The number of hydrogen-bond donors (Lipinski definition) is 3. The standard InChI is InChI=1S/C10H22N4O/c1-7(2)8-5-3-4-6-9(8)14(12)10(15)13-11/h7-9H,3-6,11-12H2,1-2H3,(H,13,15). The van der Waals surface area contributed by atoms with Crippen LogP contribution in [0.4, 0.5) is 4.79 Å². The molecule has 5 nitrogen and oxygen atoms in total. The van der Waals surface area contributed by atoms with Crippen LogP contribution in [0.25, 0.3) is 0 Å². The molecule has 1 rings (SSSR count). The van der Waals surface area contributed by atoms with Gasteiger partial charge in [0.1, 0.15) is 0 Å². The van der Waals surface area contributed by atoms with Crippen molar-refractivity contribution in [2.75, 3.05) is 0 Å². The SMILES string of the molecule is CC(C)C1CCCCC1N(N)C(=O)NN. The Morgan fingerprint density at radius 3 is 2.53 bits per heavy atom. The van der Waals surface area contributed by atoms with Crippen LogP contribution in [0.1, 0.15) is 39.5 Å². The molecule has 2 unspecified atom stereocenters. The fraction of sp³-hybridized carbons (Fsp3) is 0.900. The van der Waals surface area contributed by atoms with E-state index >= 15 is 0 Å². The van der Waals surface area contributed by atoms with Crippen LogP contribution in [0.2, 0.25) is 0 Å². The van der Waals surface area contributed by atoms with Crippen LogP contribution in [0.5, 0.6) is 0 Å². The third-order valence-electron chi connectivity index (χ3n) is 3.35. The summed E-state index contributed by atoms with van der Waals surface area (Å²) in [5.41, 5.74) is 2.08. The van der Waals surface area contributed by atoms with E-state index in [0.29, 0.717) is 11.8 Å².